The Hall–Kier alpha value is -3.40. The Morgan fingerprint density at radius 3 is 2.58 bits per heavy atom. The zero-order valence-corrected chi connectivity index (χ0v) is 17.8. The van der Waals surface area contributed by atoms with E-state index in [9.17, 15) is 22.8 Å². The number of amides is 2. The number of benzene rings is 2. The molecule has 1 atom stereocenters. The van der Waals surface area contributed by atoms with Gasteiger partial charge in [0.15, 0.2) is 22.2 Å². The molecule has 31 heavy (non-hydrogen) atoms. The first-order valence-corrected chi connectivity index (χ1v) is 11.3. The molecule has 3 rings (SSSR count). The van der Waals surface area contributed by atoms with Crippen molar-refractivity contribution in [2.24, 2.45) is 0 Å². The predicted molar refractivity (Wildman–Crippen MR) is 114 cm³/mol. The molecule has 0 aromatic heterocycles. The summed E-state index contributed by atoms with van der Waals surface area (Å²) in [5, 5.41) is 3.62. The highest BCUT2D eigenvalue weighted by Gasteiger charge is 2.31. The van der Waals surface area contributed by atoms with Gasteiger partial charge in [-0.3, -0.25) is 14.4 Å². The van der Waals surface area contributed by atoms with Gasteiger partial charge in [0.1, 0.15) is 22.5 Å². The quantitative estimate of drug-likeness (QED) is 0.594. The van der Waals surface area contributed by atoms with Gasteiger partial charge in [0.25, 0.3) is 5.91 Å². The summed E-state index contributed by atoms with van der Waals surface area (Å²) in [5.41, 5.74) is 0.792. The van der Waals surface area contributed by atoms with Crippen LogP contribution in [0.3, 0.4) is 0 Å². The number of hydrogen-bond acceptors (Lipinski definition) is 7. The molecule has 2 amide bonds. The molecule has 1 aliphatic rings. The molecule has 1 aliphatic heterocycles. The van der Waals surface area contributed by atoms with Crippen LogP contribution in [0, 0.1) is 0 Å². The smallest absolute Gasteiger partial charge is 0.262 e. The summed E-state index contributed by atoms with van der Waals surface area (Å²) in [5.74, 6) is -1.65. The Labute approximate surface area is 179 Å². The molecular weight excluding hydrogens is 424 g/mol. The third-order valence-electron chi connectivity index (χ3n) is 4.59. The SMILES string of the molecule is CCOc1ccc(NC(=O)CS(=O)(=O)C(C)C(=O)c2ccc3c(c2)NC(=O)CO3)cc1. The van der Waals surface area contributed by atoms with Gasteiger partial charge in [-0.25, -0.2) is 8.42 Å². The fourth-order valence-corrected chi connectivity index (χ4v) is 4.09. The average molecular weight is 446 g/mol. The molecule has 0 saturated heterocycles. The highest BCUT2D eigenvalue weighted by Crippen LogP contribution is 2.29. The Morgan fingerprint density at radius 1 is 1.19 bits per heavy atom. The van der Waals surface area contributed by atoms with Crippen LogP contribution in [0.2, 0.25) is 0 Å². The van der Waals surface area contributed by atoms with Gasteiger partial charge in [-0.15, -0.1) is 0 Å². The van der Waals surface area contributed by atoms with Gasteiger partial charge in [-0.2, -0.15) is 0 Å². The van der Waals surface area contributed by atoms with Gasteiger partial charge in [0.2, 0.25) is 5.91 Å². The average Bonchev–Trinajstić information content (AvgIpc) is 2.73. The minimum atomic E-state index is -4.08. The largest absolute Gasteiger partial charge is 0.494 e. The maximum absolute atomic E-state index is 12.7. The molecule has 1 unspecified atom stereocenters. The minimum Gasteiger partial charge on any atom is -0.494 e. The number of ketones is 1. The topological polar surface area (TPSA) is 128 Å². The molecule has 1 heterocycles. The maximum atomic E-state index is 12.7. The molecule has 0 bridgehead atoms. The van der Waals surface area contributed by atoms with Crippen molar-refractivity contribution in [2.75, 3.05) is 29.6 Å². The van der Waals surface area contributed by atoms with E-state index in [0.717, 1.165) is 0 Å². The first-order valence-electron chi connectivity index (χ1n) is 9.55. The number of nitrogens with one attached hydrogen (secondary N) is 2. The molecule has 9 nitrogen and oxygen atoms in total. The van der Waals surface area contributed by atoms with Gasteiger partial charge < -0.3 is 20.1 Å². The normalized spacial score (nSPS) is 13.9. The number of rotatable bonds is 8. The number of carbonyl (C=O) groups is 3. The van der Waals surface area contributed by atoms with Crippen molar-refractivity contribution in [1.82, 2.24) is 0 Å². The fourth-order valence-electron chi connectivity index (χ4n) is 2.94. The highest BCUT2D eigenvalue weighted by molar-refractivity contribution is 7.93. The summed E-state index contributed by atoms with van der Waals surface area (Å²) in [7, 11) is -4.08. The van der Waals surface area contributed by atoms with E-state index in [1.54, 1.807) is 24.3 Å². The number of anilines is 2. The van der Waals surface area contributed by atoms with Crippen LogP contribution in [0.25, 0.3) is 0 Å². The zero-order valence-electron chi connectivity index (χ0n) is 17.0. The van der Waals surface area contributed by atoms with Crippen LogP contribution < -0.4 is 20.1 Å². The molecule has 2 N–H and O–H groups in total. The Kier molecular flexibility index (Phi) is 6.59. The predicted octanol–water partition coefficient (Wildman–Crippen LogP) is 2.04. The van der Waals surface area contributed by atoms with Crippen LogP contribution in [0.5, 0.6) is 11.5 Å². The molecular formula is C21H22N2O7S. The third-order valence-corrected chi connectivity index (χ3v) is 6.54. The second-order valence-corrected chi connectivity index (χ2v) is 9.19. The monoisotopic (exact) mass is 446 g/mol. The molecule has 164 valence electrons. The van der Waals surface area contributed by atoms with Crippen molar-refractivity contribution < 1.29 is 32.3 Å². The Morgan fingerprint density at radius 2 is 1.90 bits per heavy atom. The van der Waals surface area contributed by atoms with Crippen LogP contribution >= 0.6 is 0 Å². The minimum absolute atomic E-state index is 0.0903. The van der Waals surface area contributed by atoms with E-state index in [-0.39, 0.29) is 18.1 Å². The summed E-state index contributed by atoms with van der Waals surface area (Å²) < 4.78 is 35.8. The Balaban J connectivity index is 1.66. The van der Waals surface area contributed by atoms with E-state index in [4.69, 9.17) is 9.47 Å². The zero-order chi connectivity index (χ0) is 22.6. The van der Waals surface area contributed by atoms with Crippen LogP contribution in [-0.2, 0) is 19.4 Å². The molecule has 2 aromatic rings. The van der Waals surface area contributed by atoms with Crippen molar-refractivity contribution in [3.05, 3.63) is 48.0 Å². The van der Waals surface area contributed by atoms with Crippen LogP contribution in [-0.4, -0.2) is 50.2 Å². The van der Waals surface area contributed by atoms with Crippen molar-refractivity contribution in [3.63, 3.8) is 0 Å². The van der Waals surface area contributed by atoms with E-state index in [0.29, 0.717) is 29.5 Å². The van der Waals surface area contributed by atoms with Gasteiger partial charge in [0.05, 0.1) is 12.3 Å². The lowest BCUT2D eigenvalue weighted by atomic mass is 10.1. The van der Waals surface area contributed by atoms with Crippen molar-refractivity contribution in [2.45, 2.75) is 19.1 Å². The highest BCUT2D eigenvalue weighted by atomic mass is 32.2. The van der Waals surface area contributed by atoms with Gasteiger partial charge >= 0.3 is 0 Å². The number of fused-ring (bicyclic) bond motifs is 1. The van der Waals surface area contributed by atoms with Crippen LogP contribution in [0.15, 0.2) is 42.5 Å². The molecule has 10 heteroatoms. The van der Waals surface area contributed by atoms with Crippen LogP contribution in [0.4, 0.5) is 11.4 Å². The number of Topliss-reactive ketones (excluding diaryl/α,β-unsaturated/α-hetero) is 1. The molecule has 0 saturated carbocycles. The maximum Gasteiger partial charge on any atom is 0.262 e. The molecule has 0 radical (unpaired) electrons. The second-order valence-electron chi connectivity index (χ2n) is 6.87. The van der Waals surface area contributed by atoms with E-state index < -0.39 is 32.5 Å². The summed E-state index contributed by atoms with van der Waals surface area (Å²) >= 11 is 0. The summed E-state index contributed by atoms with van der Waals surface area (Å²) in [6.45, 7) is 3.45. The lowest BCUT2D eigenvalue weighted by Gasteiger charge is -2.19. The number of carbonyl (C=O) groups excluding carboxylic acids is 3. The lowest BCUT2D eigenvalue weighted by molar-refractivity contribution is -0.118. The van der Waals surface area contributed by atoms with Gasteiger partial charge in [-0.1, -0.05) is 0 Å². The number of hydrogen-bond donors (Lipinski definition) is 2. The Bertz CT molecular complexity index is 1110. The van der Waals surface area contributed by atoms with Gasteiger partial charge in [-0.05, 0) is 56.3 Å². The molecule has 2 aromatic carbocycles. The first kappa shape index (κ1) is 22.3. The lowest BCUT2D eigenvalue weighted by Crippen LogP contribution is -2.34. The number of ether oxygens (including phenoxy) is 2. The summed E-state index contributed by atoms with van der Waals surface area (Å²) in [6.07, 6.45) is 0. The van der Waals surface area contributed by atoms with E-state index >= 15 is 0 Å². The van der Waals surface area contributed by atoms with E-state index in [2.05, 4.69) is 10.6 Å². The van der Waals surface area contributed by atoms with Gasteiger partial charge in [0, 0.05) is 11.3 Å². The van der Waals surface area contributed by atoms with E-state index in [1.165, 1.54) is 25.1 Å². The van der Waals surface area contributed by atoms with Crippen LogP contribution in [0.1, 0.15) is 24.2 Å². The summed E-state index contributed by atoms with van der Waals surface area (Å²) in [6, 6.07) is 10.8. The third kappa shape index (κ3) is 5.40. The van der Waals surface area contributed by atoms with Crippen molar-refractivity contribution >= 4 is 38.8 Å². The van der Waals surface area contributed by atoms with Crippen molar-refractivity contribution in [3.8, 4) is 11.5 Å². The molecule has 0 fully saturated rings. The molecule has 0 spiro atoms. The number of sulfone groups is 1. The first-order chi connectivity index (χ1) is 14.7. The fraction of sp³-hybridized carbons (Fsp3) is 0.286. The molecule has 0 aliphatic carbocycles. The second kappa shape index (κ2) is 9.17. The standard InChI is InChI=1S/C21H22N2O7S/c1-3-29-16-7-5-15(6-8-16)22-20(25)12-31(27,28)13(2)21(26)14-4-9-18-17(10-14)23-19(24)11-30-18/h4-10,13H,3,11-12H2,1-2H3,(H,22,25)(H,23,24). The summed E-state index contributed by atoms with van der Waals surface area (Å²) in [4.78, 5) is 36.4. The van der Waals surface area contributed by atoms with Crippen molar-refractivity contribution in [1.29, 1.82) is 0 Å². The van der Waals surface area contributed by atoms with E-state index in [1.807, 2.05) is 6.92 Å².